The molecule has 0 aromatic carbocycles. The number of aliphatic hydroxyl groups is 1. The molecule has 2 aliphatic heterocycles. The third-order valence-electron chi connectivity index (χ3n) is 6.12. The number of carbonyl (C=O) groups excluding carboxylic acids is 3. The molecule has 3 aromatic heterocycles. The van der Waals surface area contributed by atoms with Crippen LogP contribution in [0.4, 0.5) is 5.13 Å². The molecule has 2 aliphatic rings. The van der Waals surface area contributed by atoms with Gasteiger partial charge in [0, 0.05) is 22.5 Å². The van der Waals surface area contributed by atoms with Gasteiger partial charge in [-0.2, -0.15) is 4.57 Å². The van der Waals surface area contributed by atoms with Crippen molar-refractivity contribution >= 4 is 69.0 Å². The number of aliphatic carboxylic acids is 1. The van der Waals surface area contributed by atoms with E-state index in [-0.39, 0.29) is 42.0 Å². The number of oxime groups is 1. The molecule has 0 spiro atoms. The zero-order valence-corrected chi connectivity index (χ0v) is 23.6. The first-order valence-electron chi connectivity index (χ1n) is 12.2. The Labute approximate surface area is 240 Å². The van der Waals surface area contributed by atoms with Crippen molar-refractivity contribution in [3.8, 4) is 0 Å². The number of carboxylic acids is 1. The van der Waals surface area contributed by atoms with Crippen LogP contribution >= 0.6 is 34.9 Å². The summed E-state index contributed by atoms with van der Waals surface area (Å²) in [5.74, 6) is -1.80. The Morgan fingerprint density at radius 2 is 2.25 bits per heavy atom. The van der Waals surface area contributed by atoms with E-state index in [4.69, 9.17) is 15.7 Å². The first kappa shape index (κ1) is 27.9. The molecule has 2 amide bonds. The minimum Gasteiger partial charge on any atom is -0.543 e. The Kier molecular flexibility index (Phi) is 8.30. The molecule has 0 unspecified atom stereocenters. The van der Waals surface area contributed by atoms with Crippen LogP contribution in [0.15, 0.2) is 57.6 Å². The lowest BCUT2D eigenvalue weighted by Crippen LogP contribution is -2.71. The predicted molar refractivity (Wildman–Crippen MR) is 147 cm³/mol. The second-order valence-electron chi connectivity index (χ2n) is 8.67. The molecule has 1 fully saturated rings. The molecule has 210 valence electrons. The maximum Gasteiger partial charge on any atom is 0.276 e. The standard InChI is InChI=1S/C24H25N7O6S3/c1-2-37-28-17(15-12-40-24(25)26-15)20(33)27-18-21(34)31-19(23(35)36)13(11-39-22(18)31)9-29-5-6-30-14(10-29)3-4-16(30)38-8-7-32/h3-6,10,12,18,22,32H,2,7-9,11H2,1H3,(H3-,25,26,27,33,35,36)/b28-17-/t18-,22+/m1/s1. The highest BCUT2D eigenvalue weighted by molar-refractivity contribution is 8.00. The molecule has 0 bridgehead atoms. The smallest absolute Gasteiger partial charge is 0.276 e. The first-order valence-corrected chi connectivity index (χ1v) is 15.1. The fraction of sp³-hybridized carbons (Fsp3) is 0.333. The number of amides is 2. The monoisotopic (exact) mass is 603 g/mol. The van der Waals surface area contributed by atoms with Gasteiger partial charge in [0.15, 0.2) is 29.8 Å². The van der Waals surface area contributed by atoms with Crippen LogP contribution in [0, 0.1) is 0 Å². The number of nitrogens with two attached hydrogens (primary N) is 1. The highest BCUT2D eigenvalue weighted by atomic mass is 32.2. The van der Waals surface area contributed by atoms with E-state index in [9.17, 15) is 19.5 Å². The molecule has 5 rings (SSSR count). The number of hydrogen-bond acceptors (Lipinski definition) is 12. The van der Waals surface area contributed by atoms with E-state index in [1.807, 2.05) is 39.7 Å². The summed E-state index contributed by atoms with van der Waals surface area (Å²) in [6.07, 6.45) is 5.56. The molecule has 0 saturated carbocycles. The van der Waals surface area contributed by atoms with Crippen LogP contribution in [-0.2, 0) is 25.8 Å². The highest BCUT2D eigenvalue weighted by Crippen LogP contribution is 2.40. The Morgan fingerprint density at radius 3 is 2.95 bits per heavy atom. The Bertz CT molecular complexity index is 1530. The second kappa shape index (κ2) is 11.9. The number of β-lactam (4-membered cyclic amide) rings is 1. The van der Waals surface area contributed by atoms with Crippen molar-refractivity contribution in [3.05, 3.63) is 53.1 Å². The van der Waals surface area contributed by atoms with E-state index in [1.54, 1.807) is 12.3 Å². The maximum atomic E-state index is 13.1. The Balaban J connectivity index is 1.33. The van der Waals surface area contributed by atoms with Gasteiger partial charge in [-0.05, 0) is 19.1 Å². The van der Waals surface area contributed by atoms with Crippen LogP contribution < -0.4 is 20.7 Å². The average Bonchev–Trinajstić information content (AvgIpc) is 3.55. The topological polar surface area (TPSA) is 179 Å². The molecule has 13 nitrogen and oxygen atoms in total. The van der Waals surface area contributed by atoms with E-state index in [2.05, 4.69) is 15.5 Å². The molecule has 4 N–H and O–H groups in total. The lowest BCUT2D eigenvalue weighted by molar-refractivity contribution is -0.688. The zero-order chi connectivity index (χ0) is 28.4. The fourth-order valence-electron chi connectivity index (χ4n) is 4.39. The van der Waals surface area contributed by atoms with Gasteiger partial charge in [0.05, 0.1) is 29.5 Å². The quantitative estimate of drug-likeness (QED) is 0.0826. The van der Waals surface area contributed by atoms with E-state index >= 15 is 0 Å². The van der Waals surface area contributed by atoms with Crippen molar-refractivity contribution in [3.63, 3.8) is 0 Å². The molecular formula is C24H25N7O6S3. The van der Waals surface area contributed by atoms with Crippen molar-refractivity contribution in [2.75, 3.05) is 30.5 Å². The molecule has 0 aliphatic carbocycles. The van der Waals surface area contributed by atoms with Gasteiger partial charge in [0.2, 0.25) is 0 Å². The van der Waals surface area contributed by atoms with Crippen molar-refractivity contribution < 1.29 is 34.0 Å². The minimum absolute atomic E-state index is 0.0756. The third-order valence-corrected chi connectivity index (χ3v) is 9.15. The zero-order valence-electron chi connectivity index (χ0n) is 21.2. The lowest BCUT2D eigenvalue weighted by atomic mass is 10.0. The lowest BCUT2D eigenvalue weighted by Gasteiger charge is -2.50. The van der Waals surface area contributed by atoms with Crippen LogP contribution in [0.3, 0.4) is 0 Å². The summed E-state index contributed by atoms with van der Waals surface area (Å²) in [4.78, 5) is 48.6. The van der Waals surface area contributed by atoms with Gasteiger partial charge in [-0.3, -0.25) is 14.5 Å². The number of carboxylic acid groups (broad SMARTS) is 1. The number of anilines is 1. The average molecular weight is 604 g/mol. The van der Waals surface area contributed by atoms with Crippen molar-refractivity contribution in [1.29, 1.82) is 0 Å². The number of hydrogen-bond donors (Lipinski definition) is 3. The van der Waals surface area contributed by atoms with Crippen molar-refractivity contribution in [2.45, 2.75) is 29.9 Å². The molecule has 5 heterocycles. The summed E-state index contributed by atoms with van der Waals surface area (Å²) in [6.45, 7) is 2.23. The number of rotatable bonds is 11. The van der Waals surface area contributed by atoms with E-state index in [0.717, 1.165) is 21.9 Å². The van der Waals surface area contributed by atoms with Crippen LogP contribution in [0.25, 0.3) is 5.52 Å². The van der Waals surface area contributed by atoms with Crippen LogP contribution in [0.1, 0.15) is 12.6 Å². The summed E-state index contributed by atoms with van der Waals surface area (Å²) >= 11 is 4.01. The molecule has 3 aromatic rings. The van der Waals surface area contributed by atoms with Crippen LogP contribution in [0.5, 0.6) is 0 Å². The van der Waals surface area contributed by atoms with Gasteiger partial charge >= 0.3 is 0 Å². The van der Waals surface area contributed by atoms with E-state index in [0.29, 0.717) is 17.1 Å². The summed E-state index contributed by atoms with van der Waals surface area (Å²) in [5, 5.41) is 29.9. The number of nitrogens with one attached hydrogen (secondary N) is 1. The SMILES string of the molecule is CCO/N=C(\C(=O)N[C@@H]1C(=O)N2C(C(=O)[O-])=C(C[n+]3ccn4c(SCCO)ccc4c3)CS[C@@H]12)c1csc(N)n1. The van der Waals surface area contributed by atoms with Gasteiger partial charge in [0.25, 0.3) is 11.8 Å². The molecule has 1 saturated heterocycles. The number of thiazole rings is 1. The predicted octanol–water partition coefficient (Wildman–Crippen LogP) is -0.805. The molecule has 40 heavy (non-hydrogen) atoms. The normalized spacial score (nSPS) is 19.0. The van der Waals surface area contributed by atoms with Crippen molar-refractivity contribution in [1.82, 2.24) is 19.6 Å². The summed E-state index contributed by atoms with van der Waals surface area (Å²) < 4.78 is 3.82. The number of fused-ring (bicyclic) bond motifs is 2. The third kappa shape index (κ3) is 5.39. The van der Waals surface area contributed by atoms with E-state index < -0.39 is 29.2 Å². The molecular weight excluding hydrogens is 579 g/mol. The fourth-order valence-corrected chi connectivity index (χ4v) is 7.05. The van der Waals surface area contributed by atoms with Gasteiger partial charge in [-0.25, -0.2) is 4.98 Å². The van der Waals surface area contributed by atoms with Gasteiger partial charge in [0.1, 0.15) is 29.2 Å². The number of carbonyl (C=O) groups is 3. The molecule has 0 radical (unpaired) electrons. The number of thioether (sulfide) groups is 2. The minimum atomic E-state index is -1.46. The number of nitrogen functional groups attached to an aromatic ring is 1. The Morgan fingerprint density at radius 1 is 1.43 bits per heavy atom. The number of aliphatic hydroxyl groups excluding tert-OH is 1. The largest absolute Gasteiger partial charge is 0.543 e. The van der Waals surface area contributed by atoms with E-state index in [1.165, 1.54) is 28.4 Å². The summed E-state index contributed by atoms with van der Waals surface area (Å²) in [7, 11) is 0. The van der Waals surface area contributed by atoms with Crippen LogP contribution in [0.2, 0.25) is 0 Å². The number of aromatic nitrogens is 3. The van der Waals surface area contributed by atoms with Gasteiger partial charge in [-0.15, -0.1) is 34.9 Å². The Hall–Kier alpha value is -3.60. The summed E-state index contributed by atoms with van der Waals surface area (Å²) in [6, 6.07) is 2.93. The number of nitrogens with zero attached hydrogens (tertiary/aromatic N) is 5. The first-order chi connectivity index (χ1) is 19.3. The molecule has 16 heteroatoms. The molecule has 2 atom stereocenters. The summed E-state index contributed by atoms with van der Waals surface area (Å²) in [5.41, 5.74) is 7.00. The van der Waals surface area contributed by atoms with Gasteiger partial charge < -0.3 is 35.3 Å². The second-order valence-corrected chi connectivity index (χ2v) is 11.8. The van der Waals surface area contributed by atoms with Crippen LogP contribution in [-0.4, -0.2) is 79.0 Å². The maximum absolute atomic E-state index is 13.1. The highest BCUT2D eigenvalue weighted by Gasteiger charge is 2.53. The van der Waals surface area contributed by atoms with Gasteiger partial charge in [-0.1, -0.05) is 5.16 Å². The van der Waals surface area contributed by atoms with Crippen molar-refractivity contribution in [2.24, 2.45) is 5.16 Å².